The zero-order valence-electron chi connectivity index (χ0n) is 13.8. The molecular formula is C18H21N3O3. The van der Waals surface area contributed by atoms with Crippen LogP contribution in [0.25, 0.3) is 0 Å². The van der Waals surface area contributed by atoms with Crippen molar-refractivity contribution < 1.29 is 14.6 Å². The molecule has 1 aliphatic heterocycles. The number of nitrogen functional groups attached to an aromatic ring is 1. The van der Waals surface area contributed by atoms with Gasteiger partial charge in [0.25, 0.3) is 5.91 Å². The molecule has 0 radical (unpaired) electrons. The summed E-state index contributed by atoms with van der Waals surface area (Å²) in [6.45, 7) is 1.60. The second-order valence-electron chi connectivity index (χ2n) is 6.13. The summed E-state index contributed by atoms with van der Waals surface area (Å²) >= 11 is 0. The minimum atomic E-state index is -0.189. The van der Waals surface area contributed by atoms with Crippen LogP contribution in [0.5, 0.6) is 5.75 Å². The molecule has 0 saturated carbocycles. The van der Waals surface area contributed by atoms with E-state index in [1.165, 1.54) is 0 Å². The van der Waals surface area contributed by atoms with Crippen LogP contribution in [0.2, 0.25) is 0 Å². The molecule has 0 aromatic heterocycles. The van der Waals surface area contributed by atoms with Crippen LogP contribution >= 0.6 is 0 Å². The summed E-state index contributed by atoms with van der Waals surface area (Å²) in [4.78, 5) is 24.5. The van der Waals surface area contributed by atoms with Gasteiger partial charge in [-0.3, -0.25) is 4.79 Å². The van der Waals surface area contributed by atoms with Gasteiger partial charge in [-0.1, -0.05) is 18.2 Å². The third-order valence-electron chi connectivity index (χ3n) is 3.81. The topological polar surface area (TPSA) is 76.8 Å². The molecule has 6 nitrogen and oxygen atoms in total. The molecule has 0 spiro atoms. The van der Waals surface area contributed by atoms with Gasteiger partial charge in [-0.05, 0) is 43.4 Å². The van der Waals surface area contributed by atoms with Crippen LogP contribution < -0.4 is 15.9 Å². The van der Waals surface area contributed by atoms with Crippen LogP contribution in [-0.4, -0.2) is 24.9 Å². The van der Waals surface area contributed by atoms with Crippen LogP contribution in [0, 0.1) is 0 Å². The van der Waals surface area contributed by atoms with Crippen molar-refractivity contribution in [3.8, 4) is 5.75 Å². The Kier molecular flexibility index (Phi) is 4.69. The minimum absolute atomic E-state index is 0.189. The van der Waals surface area contributed by atoms with Gasteiger partial charge in [-0.25, -0.2) is 0 Å². The lowest BCUT2D eigenvalue weighted by Crippen LogP contribution is -2.24. The highest BCUT2D eigenvalue weighted by atomic mass is 17.2. The Morgan fingerprint density at radius 3 is 2.79 bits per heavy atom. The molecule has 0 atom stereocenters. The van der Waals surface area contributed by atoms with E-state index in [9.17, 15) is 4.79 Å². The van der Waals surface area contributed by atoms with Crippen molar-refractivity contribution in [3.63, 3.8) is 0 Å². The largest absolute Gasteiger partial charge is 0.398 e. The van der Waals surface area contributed by atoms with Crippen molar-refractivity contribution >= 4 is 11.6 Å². The summed E-state index contributed by atoms with van der Waals surface area (Å²) in [7, 11) is 3.96. The summed E-state index contributed by atoms with van der Waals surface area (Å²) in [5.74, 6) is 0.514. The molecule has 1 amide bonds. The third kappa shape index (κ3) is 3.67. The highest BCUT2D eigenvalue weighted by Crippen LogP contribution is 2.27. The van der Waals surface area contributed by atoms with E-state index < -0.39 is 0 Å². The molecule has 0 aliphatic carbocycles. The molecule has 2 aromatic rings. The molecule has 1 aliphatic rings. The number of hydrogen-bond donors (Lipinski definition) is 2. The van der Waals surface area contributed by atoms with Gasteiger partial charge < -0.3 is 20.8 Å². The number of fused-ring (bicyclic) bond motifs is 1. The molecule has 0 bridgehead atoms. The van der Waals surface area contributed by atoms with E-state index in [0.717, 1.165) is 23.2 Å². The molecule has 6 heteroatoms. The molecule has 3 N–H and O–H groups in total. The predicted octanol–water partition coefficient (Wildman–Crippen LogP) is 2.08. The standard InChI is InChI=1S/C18H21N3O3/c1-21(2)10-13-4-6-16(19)15(7-13)18(22)20-9-12-3-5-14-11-23-24-17(14)8-12/h3-8H,9-11,19H2,1-2H3,(H,20,22). The second-order valence-corrected chi connectivity index (χ2v) is 6.13. The Morgan fingerprint density at radius 2 is 2.00 bits per heavy atom. The predicted molar refractivity (Wildman–Crippen MR) is 91.3 cm³/mol. The maximum atomic E-state index is 12.4. The number of nitrogens with zero attached hydrogens (tertiary/aromatic N) is 1. The van der Waals surface area contributed by atoms with Crippen molar-refractivity contribution in [3.05, 3.63) is 58.7 Å². The second kappa shape index (κ2) is 6.90. The monoisotopic (exact) mass is 327 g/mol. The Morgan fingerprint density at radius 1 is 1.21 bits per heavy atom. The summed E-state index contributed by atoms with van der Waals surface area (Å²) in [5.41, 5.74) is 9.91. The van der Waals surface area contributed by atoms with Crippen LogP contribution in [0.4, 0.5) is 5.69 Å². The van der Waals surface area contributed by atoms with E-state index >= 15 is 0 Å². The van der Waals surface area contributed by atoms with Crippen molar-refractivity contribution in [1.82, 2.24) is 10.2 Å². The number of nitrogens with one attached hydrogen (secondary N) is 1. The summed E-state index contributed by atoms with van der Waals surface area (Å²) in [6.07, 6.45) is 0. The maximum absolute atomic E-state index is 12.4. The number of carbonyl (C=O) groups is 1. The number of anilines is 1. The van der Waals surface area contributed by atoms with Gasteiger partial charge >= 0.3 is 0 Å². The van der Waals surface area contributed by atoms with Crippen molar-refractivity contribution in [2.45, 2.75) is 19.7 Å². The zero-order chi connectivity index (χ0) is 17.1. The van der Waals surface area contributed by atoms with E-state index in [1.807, 2.05) is 49.3 Å². The Balaban J connectivity index is 1.68. The van der Waals surface area contributed by atoms with Gasteiger partial charge in [0.1, 0.15) is 6.61 Å². The first-order valence-corrected chi connectivity index (χ1v) is 7.75. The van der Waals surface area contributed by atoms with Gasteiger partial charge in [0.15, 0.2) is 5.75 Å². The zero-order valence-corrected chi connectivity index (χ0v) is 13.8. The SMILES string of the molecule is CN(C)Cc1ccc(N)c(C(=O)NCc2ccc3c(c2)OOC3)c1. The highest BCUT2D eigenvalue weighted by molar-refractivity contribution is 5.99. The van der Waals surface area contributed by atoms with E-state index in [0.29, 0.717) is 30.2 Å². The first-order valence-electron chi connectivity index (χ1n) is 7.75. The van der Waals surface area contributed by atoms with Crippen LogP contribution in [0.1, 0.15) is 27.0 Å². The highest BCUT2D eigenvalue weighted by Gasteiger charge is 2.15. The van der Waals surface area contributed by atoms with Gasteiger partial charge in [-0.2, -0.15) is 4.89 Å². The lowest BCUT2D eigenvalue weighted by Gasteiger charge is -2.13. The minimum Gasteiger partial charge on any atom is -0.398 e. The lowest BCUT2D eigenvalue weighted by atomic mass is 10.1. The lowest BCUT2D eigenvalue weighted by molar-refractivity contribution is -0.194. The average Bonchev–Trinajstić information content (AvgIpc) is 3.01. The molecule has 0 saturated heterocycles. The summed E-state index contributed by atoms with van der Waals surface area (Å²) in [5, 5.41) is 2.90. The van der Waals surface area contributed by atoms with Crippen molar-refractivity contribution in [1.29, 1.82) is 0 Å². The number of hydrogen-bond acceptors (Lipinski definition) is 5. The number of rotatable bonds is 5. The normalized spacial score (nSPS) is 12.8. The van der Waals surface area contributed by atoms with E-state index in [1.54, 1.807) is 6.07 Å². The fourth-order valence-electron chi connectivity index (χ4n) is 2.60. The quantitative estimate of drug-likeness (QED) is 0.649. The summed E-state index contributed by atoms with van der Waals surface area (Å²) in [6, 6.07) is 11.3. The first-order chi connectivity index (χ1) is 11.5. The smallest absolute Gasteiger partial charge is 0.253 e. The number of benzene rings is 2. The van der Waals surface area contributed by atoms with Crippen LogP contribution in [0.15, 0.2) is 36.4 Å². The molecule has 3 rings (SSSR count). The fraction of sp³-hybridized carbons (Fsp3) is 0.278. The Hall–Kier alpha value is -2.57. The maximum Gasteiger partial charge on any atom is 0.253 e. The molecule has 0 fully saturated rings. The average molecular weight is 327 g/mol. The van der Waals surface area contributed by atoms with Crippen molar-refractivity contribution in [2.24, 2.45) is 0 Å². The fourth-order valence-corrected chi connectivity index (χ4v) is 2.60. The molecular weight excluding hydrogens is 306 g/mol. The first kappa shape index (κ1) is 16.3. The van der Waals surface area contributed by atoms with E-state index in [-0.39, 0.29) is 5.91 Å². The van der Waals surface area contributed by atoms with Crippen molar-refractivity contribution in [2.75, 3.05) is 19.8 Å². The Bertz CT molecular complexity index is 759. The molecule has 0 unspecified atom stereocenters. The summed E-state index contributed by atoms with van der Waals surface area (Å²) < 4.78 is 0. The number of amides is 1. The van der Waals surface area contributed by atoms with Crippen LogP contribution in [-0.2, 0) is 24.6 Å². The van der Waals surface area contributed by atoms with E-state index in [2.05, 4.69) is 5.32 Å². The van der Waals surface area contributed by atoms with E-state index in [4.69, 9.17) is 15.5 Å². The molecule has 2 aromatic carbocycles. The molecule has 24 heavy (non-hydrogen) atoms. The van der Waals surface area contributed by atoms with Gasteiger partial charge in [0.05, 0.1) is 5.56 Å². The number of nitrogens with two attached hydrogens (primary N) is 1. The Labute approximate surface area is 141 Å². The van der Waals surface area contributed by atoms with Gasteiger partial charge in [0, 0.05) is 24.3 Å². The number of carbonyl (C=O) groups excluding carboxylic acids is 1. The third-order valence-corrected chi connectivity index (χ3v) is 3.81. The molecule has 1 heterocycles. The van der Waals surface area contributed by atoms with Crippen LogP contribution in [0.3, 0.4) is 0 Å². The van der Waals surface area contributed by atoms with Gasteiger partial charge in [0.2, 0.25) is 0 Å². The molecule has 126 valence electrons. The van der Waals surface area contributed by atoms with Gasteiger partial charge in [-0.15, -0.1) is 0 Å².